The van der Waals surface area contributed by atoms with Crippen molar-refractivity contribution in [2.45, 2.75) is 6.61 Å². The molecule has 0 aliphatic heterocycles. The quantitative estimate of drug-likeness (QED) is 0.845. The van der Waals surface area contributed by atoms with Gasteiger partial charge in [0.15, 0.2) is 0 Å². The fourth-order valence-electron chi connectivity index (χ4n) is 1.65. The Hall–Kier alpha value is -2.34. The number of nitrogen functional groups attached to an aromatic ring is 1. The number of ether oxygens (including phenoxy) is 1. The normalized spacial score (nSPS) is 10.5. The SMILES string of the molecule is Nc1ccc(Cl)c(NC(=O)c2cccc(OC(F)F)c2)c1. The largest absolute Gasteiger partial charge is 0.435 e. The number of carbonyl (C=O) groups excluding carboxylic acids is 1. The molecule has 2 aromatic rings. The number of carbonyl (C=O) groups is 1. The fraction of sp³-hybridized carbons (Fsp3) is 0.0714. The zero-order chi connectivity index (χ0) is 15.4. The Morgan fingerprint density at radius 1 is 1.24 bits per heavy atom. The smallest absolute Gasteiger partial charge is 0.387 e. The highest BCUT2D eigenvalue weighted by molar-refractivity contribution is 6.34. The van der Waals surface area contributed by atoms with E-state index in [0.717, 1.165) is 0 Å². The van der Waals surface area contributed by atoms with E-state index in [2.05, 4.69) is 10.1 Å². The van der Waals surface area contributed by atoms with Gasteiger partial charge in [0.05, 0.1) is 10.7 Å². The van der Waals surface area contributed by atoms with E-state index in [1.807, 2.05) is 0 Å². The van der Waals surface area contributed by atoms with Gasteiger partial charge in [-0.1, -0.05) is 17.7 Å². The molecular formula is C14H11ClF2N2O2. The molecular weight excluding hydrogens is 302 g/mol. The number of hydrogen-bond acceptors (Lipinski definition) is 3. The van der Waals surface area contributed by atoms with Gasteiger partial charge in [0, 0.05) is 11.3 Å². The molecule has 4 nitrogen and oxygen atoms in total. The summed E-state index contributed by atoms with van der Waals surface area (Å²) < 4.78 is 28.5. The lowest BCUT2D eigenvalue weighted by Crippen LogP contribution is -2.13. The van der Waals surface area contributed by atoms with Crippen LogP contribution in [0.1, 0.15) is 10.4 Å². The second-order valence-corrected chi connectivity index (χ2v) is 4.51. The molecule has 0 fully saturated rings. The van der Waals surface area contributed by atoms with E-state index in [4.69, 9.17) is 17.3 Å². The van der Waals surface area contributed by atoms with Crippen molar-refractivity contribution in [1.82, 2.24) is 0 Å². The molecule has 21 heavy (non-hydrogen) atoms. The van der Waals surface area contributed by atoms with Crippen LogP contribution in [-0.2, 0) is 0 Å². The minimum atomic E-state index is -2.95. The van der Waals surface area contributed by atoms with Gasteiger partial charge in [-0.15, -0.1) is 0 Å². The van der Waals surface area contributed by atoms with Crippen LogP contribution in [0, 0.1) is 0 Å². The summed E-state index contributed by atoms with van der Waals surface area (Å²) in [6, 6.07) is 10.1. The third-order valence-electron chi connectivity index (χ3n) is 2.56. The Morgan fingerprint density at radius 3 is 2.71 bits per heavy atom. The number of rotatable bonds is 4. The van der Waals surface area contributed by atoms with Crippen LogP contribution in [0.4, 0.5) is 20.2 Å². The molecule has 110 valence electrons. The molecule has 0 saturated heterocycles. The number of anilines is 2. The highest BCUT2D eigenvalue weighted by Gasteiger charge is 2.11. The Morgan fingerprint density at radius 2 is 2.00 bits per heavy atom. The second-order valence-electron chi connectivity index (χ2n) is 4.10. The molecule has 0 spiro atoms. The molecule has 0 heterocycles. The van der Waals surface area contributed by atoms with Crippen molar-refractivity contribution < 1.29 is 18.3 Å². The zero-order valence-corrected chi connectivity index (χ0v) is 11.4. The first-order valence-corrected chi connectivity index (χ1v) is 6.25. The Balaban J connectivity index is 2.18. The number of benzene rings is 2. The summed E-state index contributed by atoms with van der Waals surface area (Å²) in [6.07, 6.45) is 0. The van der Waals surface area contributed by atoms with Crippen LogP contribution in [0.15, 0.2) is 42.5 Å². The number of nitrogens with one attached hydrogen (secondary N) is 1. The van der Waals surface area contributed by atoms with Crippen LogP contribution < -0.4 is 15.8 Å². The monoisotopic (exact) mass is 312 g/mol. The summed E-state index contributed by atoms with van der Waals surface area (Å²) in [5, 5.41) is 2.87. The van der Waals surface area contributed by atoms with Crippen LogP contribution in [0.2, 0.25) is 5.02 Å². The third kappa shape index (κ3) is 4.06. The molecule has 1 amide bonds. The van der Waals surface area contributed by atoms with Crippen molar-refractivity contribution >= 4 is 28.9 Å². The average molecular weight is 313 g/mol. The summed E-state index contributed by atoms with van der Waals surface area (Å²) in [5.41, 5.74) is 6.54. The number of hydrogen-bond donors (Lipinski definition) is 2. The highest BCUT2D eigenvalue weighted by Crippen LogP contribution is 2.25. The predicted molar refractivity (Wildman–Crippen MR) is 76.9 cm³/mol. The van der Waals surface area contributed by atoms with E-state index in [-0.39, 0.29) is 11.3 Å². The molecule has 0 radical (unpaired) electrons. The van der Waals surface area contributed by atoms with Crippen molar-refractivity contribution in [2.24, 2.45) is 0 Å². The molecule has 0 bridgehead atoms. The first-order chi connectivity index (χ1) is 9.95. The average Bonchev–Trinajstić information content (AvgIpc) is 2.42. The van der Waals surface area contributed by atoms with Gasteiger partial charge < -0.3 is 15.8 Å². The first-order valence-electron chi connectivity index (χ1n) is 5.87. The maximum atomic E-state index is 12.1. The lowest BCUT2D eigenvalue weighted by atomic mass is 10.2. The Bertz CT molecular complexity index is 665. The Labute approximate surface area is 124 Å². The van der Waals surface area contributed by atoms with E-state index in [0.29, 0.717) is 16.4 Å². The third-order valence-corrected chi connectivity index (χ3v) is 2.89. The van der Waals surface area contributed by atoms with E-state index < -0.39 is 12.5 Å². The topological polar surface area (TPSA) is 64.3 Å². The maximum absolute atomic E-state index is 12.1. The van der Waals surface area contributed by atoms with Gasteiger partial charge in [0.1, 0.15) is 5.75 Å². The van der Waals surface area contributed by atoms with Crippen molar-refractivity contribution in [2.75, 3.05) is 11.1 Å². The summed E-state index contributed by atoms with van der Waals surface area (Å²) in [4.78, 5) is 12.1. The van der Waals surface area contributed by atoms with Crippen LogP contribution in [0.5, 0.6) is 5.75 Å². The Kier molecular flexibility index (Phi) is 4.59. The first kappa shape index (κ1) is 15.1. The summed E-state index contributed by atoms with van der Waals surface area (Å²) in [5.74, 6) is -0.612. The van der Waals surface area contributed by atoms with E-state index in [1.165, 1.54) is 30.3 Å². The van der Waals surface area contributed by atoms with E-state index in [1.54, 1.807) is 12.1 Å². The molecule has 2 aromatic carbocycles. The van der Waals surface area contributed by atoms with Crippen molar-refractivity contribution in [3.8, 4) is 5.75 Å². The number of nitrogens with two attached hydrogens (primary N) is 1. The van der Waals surface area contributed by atoms with Crippen LogP contribution in [-0.4, -0.2) is 12.5 Å². The number of halogens is 3. The molecule has 7 heteroatoms. The van der Waals surface area contributed by atoms with Crippen LogP contribution in [0.25, 0.3) is 0 Å². The lowest BCUT2D eigenvalue weighted by molar-refractivity contribution is -0.0498. The van der Waals surface area contributed by atoms with Gasteiger partial charge in [-0.25, -0.2) is 0 Å². The van der Waals surface area contributed by atoms with Gasteiger partial charge in [0.2, 0.25) is 0 Å². The van der Waals surface area contributed by atoms with E-state index in [9.17, 15) is 13.6 Å². The van der Waals surface area contributed by atoms with E-state index >= 15 is 0 Å². The minimum Gasteiger partial charge on any atom is -0.435 e. The standard InChI is InChI=1S/C14H11ClF2N2O2/c15-11-5-4-9(18)7-12(11)19-13(20)8-2-1-3-10(6-8)21-14(16)17/h1-7,14H,18H2,(H,19,20). The summed E-state index contributed by atoms with van der Waals surface area (Å²) in [6.45, 7) is -2.95. The molecule has 3 N–H and O–H groups in total. The highest BCUT2D eigenvalue weighted by atomic mass is 35.5. The fourth-order valence-corrected chi connectivity index (χ4v) is 1.81. The molecule has 0 aromatic heterocycles. The number of amides is 1. The molecule has 0 aliphatic rings. The van der Waals surface area contributed by atoms with Gasteiger partial charge in [-0.05, 0) is 36.4 Å². The van der Waals surface area contributed by atoms with Crippen molar-refractivity contribution in [3.63, 3.8) is 0 Å². The molecule has 0 saturated carbocycles. The van der Waals surface area contributed by atoms with Crippen LogP contribution in [0.3, 0.4) is 0 Å². The lowest BCUT2D eigenvalue weighted by Gasteiger charge is -2.09. The van der Waals surface area contributed by atoms with Gasteiger partial charge in [-0.2, -0.15) is 8.78 Å². The second kappa shape index (κ2) is 6.41. The van der Waals surface area contributed by atoms with Crippen molar-refractivity contribution in [3.05, 3.63) is 53.1 Å². The van der Waals surface area contributed by atoms with Crippen LogP contribution >= 0.6 is 11.6 Å². The molecule has 0 unspecified atom stereocenters. The summed E-state index contributed by atoms with van der Waals surface area (Å²) >= 11 is 5.93. The zero-order valence-electron chi connectivity index (χ0n) is 10.6. The van der Waals surface area contributed by atoms with Crippen molar-refractivity contribution in [1.29, 1.82) is 0 Å². The predicted octanol–water partition coefficient (Wildman–Crippen LogP) is 3.78. The molecule has 0 atom stereocenters. The minimum absolute atomic E-state index is 0.101. The van der Waals surface area contributed by atoms with Gasteiger partial charge in [-0.3, -0.25) is 4.79 Å². The maximum Gasteiger partial charge on any atom is 0.387 e. The summed E-state index contributed by atoms with van der Waals surface area (Å²) in [7, 11) is 0. The van der Waals surface area contributed by atoms with Gasteiger partial charge >= 0.3 is 6.61 Å². The van der Waals surface area contributed by atoms with Gasteiger partial charge in [0.25, 0.3) is 5.91 Å². The number of alkyl halides is 2. The molecule has 0 aliphatic carbocycles. The molecule has 2 rings (SSSR count).